The highest BCUT2D eigenvalue weighted by atomic mass is 16.2. The lowest BCUT2D eigenvalue weighted by Gasteiger charge is -2.45. The van der Waals surface area contributed by atoms with E-state index in [0.29, 0.717) is 28.7 Å². The van der Waals surface area contributed by atoms with Crippen LogP contribution in [0.4, 0.5) is 0 Å². The Labute approximate surface area is 117 Å². The minimum absolute atomic E-state index is 0.313. The van der Waals surface area contributed by atoms with Crippen LogP contribution in [0.1, 0.15) is 78.1 Å². The molecule has 2 saturated carbocycles. The average molecular weight is 263 g/mol. The normalized spacial score (nSPS) is 32.4. The lowest BCUT2D eigenvalue weighted by atomic mass is 9.59. The van der Waals surface area contributed by atoms with E-state index in [2.05, 4.69) is 19.2 Å². The summed E-state index contributed by atoms with van der Waals surface area (Å²) in [6, 6.07) is 0.457. The minimum Gasteiger partial charge on any atom is -0.353 e. The lowest BCUT2D eigenvalue weighted by molar-refractivity contribution is -0.120. The number of carbonyl (C=O) groups is 1. The van der Waals surface area contributed by atoms with Crippen LogP contribution in [0.25, 0.3) is 0 Å². The quantitative estimate of drug-likeness (QED) is 0.800. The number of nitrogens with one attached hydrogen (secondary N) is 1. The second-order valence-corrected chi connectivity index (χ2v) is 8.00. The highest BCUT2D eigenvalue weighted by Gasteiger charge is 2.51. The Bertz CT molecular complexity index is 344. The molecule has 0 bridgehead atoms. The number of rotatable bonds is 2. The van der Waals surface area contributed by atoms with Crippen molar-refractivity contribution in [1.29, 1.82) is 0 Å². The Kier molecular flexibility index (Phi) is 3.39. The van der Waals surface area contributed by atoms with Crippen LogP contribution in [-0.2, 0) is 4.79 Å². The molecule has 1 atom stereocenters. The van der Waals surface area contributed by atoms with Crippen molar-refractivity contribution in [3.8, 4) is 0 Å². The van der Waals surface area contributed by atoms with Crippen LogP contribution in [0.3, 0.4) is 0 Å². The zero-order valence-electron chi connectivity index (χ0n) is 12.6. The van der Waals surface area contributed by atoms with Crippen LogP contribution >= 0.6 is 0 Å². The first-order valence-electron chi connectivity index (χ1n) is 8.33. The highest BCUT2D eigenvalue weighted by molar-refractivity contribution is 5.80. The third-order valence-corrected chi connectivity index (χ3v) is 6.26. The second-order valence-electron chi connectivity index (χ2n) is 8.00. The maximum atomic E-state index is 11.9. The van der Waals surface area contributed by atoms with Crippen molar-refractivity contribution in [2.45, 2.75) is 84.1 Å². The molecule has 19 heavy (non-hydrogen) atoms. The summed E-state index contributed by atoms with van der Waals surface area (Å²) >= 11 is 0. The maximum Gasteiger partial charge on any atom is 0.220 e. The van der Waals surface area contributed by atoms with Crippen LogP contribution < -0.4 is 5.32 Å². The summed E-state index contributed by atoms with van der Waals surface area (Å²) in [5.41, 5.74) is 0.995. The molecule has 3 fully saturated rings. The number of hydrogen-bond donors (Lipinski definition) is 1. The van der Waals surface area contributed by atoms with Crippen molar-refractivity contribution >= 4 is 5.91 Å². The summed E-state index contributed by atoms with van der Waals surface area (Å²) in [4.78, 5) is 11.9. The zero-order chi connectivity index (χ0) is 13.5. The van der Waals surface area contributed by atoms with Gasteiger partial charge in [-0.3, -0.25) is 4.79 Å². The molecule has 1 saturated heterocycles. The van der Waals surface area contributed by atoms with Gasteiger partial charge in [-0.2, -0.15) is 0 Å². The standard InChI is InChI=1S/C17H29NO/c1-13(2)11-14-17(12-15(19)18-14)9-7-16(8-10-17)5-3-4-6-16/h13-14H,3-12H2,1-2H3,(H,18,19). The molecule has 2 aliphatic carbocycles. The van der Waals surface area contributed by atoms with Crippen LogP contribution in [0.2, 0.25) is 0 Å². The molecule has 1 amide bonds. The Morgan fingerprint density at radius 1 is 1.11 bits per heavy atom. The van der Waals surface area contributed by atoms with E-state index in [-0.39, 0.29) is 0 Å². The fourth-order valence-corrected chi connectivity index (χ4v) is 5.05. The summed E-state index contributed by atoms with van der Waals surface area (Å²) in [6.07, 6.45) is 13.1. The summed E-state index contributed by atoms with van der Waals surface area (Å²) in [5, 5.41) is 3.29. The Balaban J connectivity index is 1.71. The molecule has 3 rings (SSSR count). The van der Waals surface area contributed by atoms with Crippen molar-refractivity contribution in [2.24, 2.45) is 16.7 Å². The van der Waals surface area contributed by atoms with Gasteiger partial charge in [-0.25, -0.2) is 0 Å². The summed E-state index contributed by atoms with van der Waals surface area (Å²) in [5.74, 6) is 0.996. The SMILES string of the molecule is CC(C)CC1NC(=O)CC12CCC1(CCCC1)CC2. The Morgan fingerprint density at radius 2 is 1.74 bits per heavy atom. The smallest absolute Gasteiger partial charge is 0.220 e. The molecule has 1 unspecified atom stereocenters. The van der Waals surface area contributed by atoms with Crippen molar-refractivity contribution in [3.63, 3.8) is 0 Å². The van der Waals surface area contributed by atoms with Gasteiger partial charge in [0.25, 0.3) is 0 Å². The van der Waals surface area contributed by atoms with E-state index in [4.69, 9.17) is 0 Å². The third kappa shape index (κ3) is 2.43. The van der Waals surface area contributed by atoms with Gasteiger partial charge in [0, 0.05) is 12.5 Å². The number of carbonyl (C=O) groups excluding carboxylic acids is 1. The molecule has 1 aliphatic heterocycles. The van der Waals surface area contributed by atoms with Crippen molar-refractivity contribution in [2.75, 3.05) is 0 Å². The molecule has 2 nitrogen and oxygen atoms in total. The van der Waals surface area contributed by atoms with Gasteiger partial charge >= 0.3 is 0 Å². The third-order valence-electron chi connectivity index (χ3n) is 6.26. The monoisotopic (exact) mass is 263 g/mol. The van der Waals surface area contributed by atoms with Gasteiger partial charge in [-0.1, -0.05) is 26.7 Å². The average Bonchev–Trinajstić information content (AvgIpc) is 2.90. The van der Waals surface area contributed by atoms with Crippen molar-refractivity contribution < 1.29 is 4.79 Å². The maximum absolute atomic E-state index is 11.9. The first-order chi connectivity index (χ1) is 9.04. The van der Waals surface area contributed by atoms with E-state index in [9.17, 15) is 4.79 Å². The summed E-state index contributed by atoms with van der Waals surface area (Å²) in [7, 11) is 0. The Morgan fingerprint density at radius 3 is 2.32 bits per heavy atom. The second kappa shape index (κ2) is 4.79. The van der Waals surface area contributed by atoms with Gasteiger partial charge in [0.2, 0.25) is 5.91 Å². The van der Waals surface area contributed by atoms with Crippen molar-refractivity contribution in [3.05, 3.63) is 0 Å². The molecule has 108 valence electrons. The number of amides is 1. The molecule has 1 heterocycles. The zero-order valence-corrected chi connectivity index (χ0v) is 12.6. The van der Waals surface area contributed by atoms with Crippen LogP contribution in [-0.4, -0.2) is 11.9 Å². The van der Waals surface area contributed by atoms with E-state index in [1.54, 1.807) is 0 Å². The van der Waals surface area contributed by atoms with Crippen molar-refractivity contribution in [1.82, 2.24) is 5.32 Å². The van der Waals surface area contributed by atoms with Gasteiger partial charge in [0.1, 0.15) is 0 Å². The van der Waals surface area contributed by atoms with Gasteiger partial charge in [-0.05, 0) is 61.7 Å². The number of hydrogen-bond acceptors (Lipinski definition) is 1. The van der Waals surface area contributed by atoms with Gasteiger partial charge in [-0.15, -0.1) is 0 Å². The van der Waals surface area contributed by atoms with Crippen LogP contribution in [0, 0.1) is 16.7 Å². The predicted molar refractivity (Wildman–Crippen MR) is 77.8 cm³/mol. The van der Waals surface area contributed by atoms with Crippen LogP contribution in [0.15, 0.2) is 0 Å². The fraction of sp³-hybridized carbons (Fsp3) is 0.941. The van der Waals surface area contributed by atoms with E-state index >= 15 is 0 Å². The fourth-order valence-electron chi connectivity index (χ4n) is 5.05. The predicted octanol–water partition coefficient (Wildman–Crippen LogP) is 4.04. The topological polar surface area (TPSA) is 29.1 Å². The molecule has 0 aromatic heterocycles. The molecule has 0 radical (unpaired) electrons. The molecule has 0 aromatic carbocycles. The van der Waals surface area contributed by atoms with Crippen LogP contribution in [0.5, 0.6) is 0 Å². The molecule has 1 N–H and O–H groups in total. The largest absolute Gasteiger partial charge is 0.353 e. The molecule has 3 aliphatic rings. The molecular formula is C17H29NO. The van der Waals surface area contributed by atoms with Gasteiger partial charge in [0.05, 0.1) is 0 Å². The minimum atomic E-state index is 0.313. The summed E-state index contributed by atoms with van der Waals surface area (Å²) < 4.78 is 0. The lowest BCUT2D eigenvalue weighted by Crippen LogP contribution is -2.42. The Hall–Kier alpha value is -0.530. The van der Waals surface area contributed by atoms with Gasteiger partial charge in [0.15, 0.2) is 0 Å². The molecular weight excluding hydrogens is 234 g/mol. The van der Waals surface area contributed by atoms with Gasteiger partial charge < -0.3 is 5.32 Å². The molecule has 2 spiro atoms. The molecule has 0 aromatic rings. The van der Waals surface area contributed by atoms with E-state index < -0.39 is 0 Å². The highest BCUT2D eigenvalue weighted by Crippen LogP contribution is 2.57. The van der Waals surface area contributed by atoms with E-state index in [1.807, 2.05) is 0 Å². The van der Waals surface area contributed by atoms with E-state index in [0.717, 1.165) is 6.42 Å². The first kappa shape index (κ1) is 13.5. The summed E-state index contributed by atoms with van der Waals surface area (Å²) in [6.45, 7) is 4.55. The molecule has 2 heteroatoms. The van der Waals surface area contributed by atoms with E-state index in [1.165, 1.54) is 57.8 Å². The first-order valence-corrected chi connectivity index (χ1v) is 8.33.